The van der Waals surface area contributed by atoms with Crippen LogP contribution in [0, 0.1) is 35.1 Å². The number of rotatable bonds is 4. The minimum atomic E-state index is -4.10. The lowest BCUT2D eigenvalue weighted by atomic mass is 9.78. The average molecular weight is 815 g/mol. The van der Waals surface area contributed by atoms with Gasteiger partial charge in [-0.3, -0.25) is 5.84 Å². The van der Waals surface area contributed by atoms with Gasteiger partial charge in [-0.05, 0) is 92.2 Å². The molecule has 4 aliphatic heterocycles. The number of ether oxygens (including phenoxy) is 2. The van der Waals surface area contributed by atoms with Crippen molar-refractivity contribution in [3.63, 3.8) is 0 Å². The number of hydrogen-bond acceptors (Lipinski definition) is 9. The van der Waals surface area contributed by atoms with Gasteiger partial charge in [0, 0.05) is 41.5 Å². The Labute approximate surface area is 313 Å². The van der Waals surface area contributed by atoms with Crippen molar-refractivity contribution in [3.8, 4) is 11.5 Å². The van der Waals surface area contributed by atoms with Gasteiger partial charge >= 0.3 is 0 Å². The third-order valence-corrected chi connectivity index (χ3v) is 16.3. The molecule has 17 heteroatoms. The summed E-state index contributed by atoms with van der Waals surface area (Å²) in [6.07, 6.45) is 0.148. The molecule has 3 N–H and O–H groups in total. The second-order valence-corrected chi connectivity index (χ2v) is 18.7. The van der Waals surface area contributed by atoms with E-state index in [2.05, 4.69) is 5.32 Å². The van der Waals surface area contributed by atoms with Gasteiger partial charge in [-0.1, -0.05) is 23.2 Å². The summed E-state index contributed by atoms with van der Waals surface area (Å²) in [5.41, 5.74) is -0.452. The number of benzene rings is 4. The van der Waals surface area contributed by atoms with E-state index in [1.165, 1.54) is 53.5 Å². The van der Waals surface area contributed by atoms with Crippen LogP contribution in [0.3, 0.4) is 0 Å². The quantitative estimate of drug-likeness (QED) is 0.184. The summed E-state index contributed by atoms with van der Waals surface area (Å²) >= 11 is 11.8. The summed E-state index contributed by atoms with van der Waals surface area (Å²) in [6, 6.07) is 15.2. The van der Waals surface area contributed by atoms with Gasteiger partial charge in [0.15, 0.2) is 42.8 Å². The van der Waals surface area contributed by atoms with Gasteiger partial charge < -0.3 is 14.8 Å². The lowest BCUT2D eigenvalue weighted by molar-refractivity contribution is 0.0690. The third-order valence-electron chi connectivity index (χ3n) is 10.6. The van der Waals surface area contributed by atoms with E-state index in [1.54, 1.807) is 0 Å². The van der Waals surface area contributed by atoms with Crippen LogP contribution in [0.2, 0.25) is 10.0 Å². The zero-order chi connectivity index (χ0) is 37.9. The predicted molar refractivity (Wildman–Crippen MR) is 189 cm³/mol. The van der Waals surface area contributed by atoms with Gasteiger partial charge in [-0.25, -0.2) is 39.4 Å². The van der Waals surface area contributed by atoms with Crippen LogP contribution in [-0.2, 0) is 29.2 Å². The van der Waals surface area contributed by atoms with Crippen molar-refractivity contribution in [2.45, 2.75) is 32.1 Å². The molecule has 53 heavy (non-hydrogen) atoms. The fraction of sp³-hybridized carbons (Fsp3) is 0.333. The normalized spacial score (nSPS) is 25.3. The molecular formula is C36H33Cl2F4N3O6S2. The molecule has 9 nitrogen and oxygen atoms in total. The summed E-state index contributed by atoms with van der Waals surface area (Å²) in [4.78, 5) is 0.0317. The molecule has 4 aromatic carbocycles. The van der Waals surface area contributed by atoms with Crippen LogP contribution in [0.4, 0.5) is 17.6 Å². The van der Waals surface area contributed by atoms with Crippen LogP contribution in [0.25, 0.3) is 0 Å². The molecule has 2 fully saturated rings. The molecule has 0 bridgehead atoms. The maximum Gasteiger partial charge on any atom is 0.188 e. The van der Waals surface area contributed by atoms with Crippen LogP contribution in [0.15, 0.2) is 82.6 Å². The monoisotopic (exact) mass is 813 g/mol. The van der Waals surface area contributed by atoms with E-state index >= 15 is 0 Å². The first kappa shape index (κ1) is 37.9. The van der Waals surface area contributed by atoms with E-state index in [4.69, 9.17) is 38.5 Å². The molecule has 4 aliphatic rings. The first-order chi connectivity index (χ1) is 25.1. The summed E-state index contributed by atoms with van der Waals surface area (Å²) < 4.78 is 121. The highest BCUT2D eigenvalue weighted by Gasteiger charge is 2.60. The highest BCUT2D eigenvalue weighted by Crippen LogP contribution is 2.55. The smallest absolute Gasteiger partial charge is 0.188 e. The molecule has 0 radical (unpaired) electrons. The molecule has 0 aromatic heterocycles. The first-order valence-corrected chi connectivity index (χ1v) is 20.3. The molecule has 0 saturated carbocycles. The van der Waals surface area contributed by atoms with Crippen LogP contribution in [0.5, 0.6) is 11.5 Å². The Balaban J connectivity index is 0.000000164. The number of nitrogens with zero attached hydrogens (tertiary/aromatic N) is 1. The van der Waals surface area contributed by atoms with Crippen LogP contribution in [0.1, 0.15) is 24.0 Å². The van der Waals surface area contributed by atoms with Gasteiger partial charge in [0.25, 0.3) is 0 Å². The summed E-state index contributed by atoms with van der Waals surface area (Å²) in [6.45, 7) is 1.03. The fourth-order valence-electron chi connectivity index (χ4n) is 8.12. The van der Waals surface area contributed by atoms with Gasteiger partial charge in [-0.15, -0.1) is 0 Å². The van der Waals surface area contributed by atoms with Gasteiger partial charge in [0.1, 0.15) is 21.1 Å². The summed E-state index contributed by atoms with van der Waals surface area (Å²) in [7, 11) is -8.14. The second kappa shape index (κ2) is 14.0. The maximum atomic E-state index is 14.9. The fourth-order valence-corrected chi connectivity index (χ4v) is 13.0. The molecule has 0 amide bonds. The zero-order valence-electron chi connectivity index (χ0n) is 27.8. The van der Waals surface area contributed by atoms with E-state index in [-0.39, 0.29) is 71.6 Å². The Morgan fingerprint density at radius 1 is 0.660 bits per heavy atom. The molecule has 4 atom stereocenters. The van der Waals surface area contributed by atoms with Crippen LogP contribution < -0.4 is 20.6 Å². The minimum Gasteiger partial charge on any atom is -0.490 e. The van der Waals surface area contributed by atoms with Crippen molar-refractivity contribution in [1.29, 1.82) is 0 Å². The number of hydrogen-bond donors (Lipinski definition) is 2. The van der Waals surface area contributed by atoms with Crippen LogP contribution in [-0.4, -0.2) is 61.2 Å². The molecule has 282 valence electrons. The maximum absolute atomic E-state index is 14.9. The Hall–Kier alpha value is -3.44. The number of halogens is 6. The number of sulfone groups is 2. The van der Waals surface area contributed by atoms with E-state index in [0.717, 1.165) is 24.3 Å². The SMILES string of the molecule is NN1CC[C@@]2(S(=O)(=O)c3ccc(Cl)cc3)c3c(F)ccc(F)c3OC[C@H]2C1.O=S(=O)(c1ccc(Cl)cc1)[C@@]12CCNC[C@@H]1COc1c(F)ccc(F)c12. The number of nitrogens with one attached hydrogen (secondary N) is 1. The number of piperidine rings is 2. The number of hydrazine groups is 1. The summed E-state index contributed by atoms with van der Waals surface area (Å²) in [5, 5.41) is 5.38. The Bertz CT molecular complexity index is 2290. The molecule has 4 aromatic rings. The molecule has 8 rings (SSSR count). The molecule has 0 aliphatic carbocycles. The Morgan fingerprint density at radius 3 is 1.58 bits per heavy atom. The van der Waals surface area contributed by atoms with E-state index < -0.39 is 64.3 Å². The summed E-state index contributed by atoms with van der Waals surface area (Å²) in [5.74, 6) is 0.926. The first-order valence-electron chi connectivity index (χ1n) is 16.6. The lowest BCUT2D eigenvalue weighted by Gasteiger charge is -2.49. The average Bonchev–Trinajstić information content (AvgIpc) is 3.14. The highest BCUT2D eigenvalue weighted by molar-refractivity contribution is 7.92. The van der Waals surface area contributed by atoms with Gasteiger partial charge in [0.2, 0.25) is 0 Å². The minimum absolute atomic E-state index is 0.00103. The molecule has 4 heterocycles. The van der Waals surface area contributed by atoms with Crippen molar-refractivity contribution in [3.05, 3.63) is 117 Å². The Kier molecular flexibility index (Phi) is 10.0. The third kappa shape index (κ3) is 5.99. The van der Waals surface area contributed by atoms with Crippen molar-refractivity contribution in [1.82, 2.24) is 10.3 Å². The van der Waals surface area contributed by atoms with E-state index in [9.17, 15) is 34.4 Å². The van der Waals surface area contributed by atoms with Gasteiger partial charge in [-0.2, -0.15) is 0 Å². The largest absolute Gasteiger partial charge is 0.490 e. The van der Waals surface area contributed by atoms with Crippen molar-refractivity contribution in [2.75, 3.05) is 39.4 Å². The molecule has 0 unspecified atom stereocenters. The van der Waals surface area contributed by atoms with Crippen molar-refractivity contribution in [2.24, 2.45) is 17.7 Å². The number of fused-ring (bicyclic) bond motifs is 6. The second-order valence-electron chi connectivity index (χ2n) is 13.4. The van der Waals surface area contributed by atoms with Crippen molar-refractivity contribution < 1.29 is 43.9 Å². The molecule has 2 saturated heterocycles. The topological polar surface area (TPSA) is 128 Å². The number of nitrogens with two attached hydrogens (primary N) is 1. The van der Waals surface area contributed by atoms with Crippen molar-refractivity contribution >= 4 is 42.9 Å². The van der Waals surface area contributed by atoms with Gasteiger partial charge in [0.05, 0.1) is 34.1 Å². The lowest BCUT2D eigenvalue weighted by Crippen LogP contribution is -2.59. The molecular weight excluding hydrogens is 781 g/mol. The molecule has 0 spiro atoms. The predicted octanol–water partition coefficient (Wildman–Crippen LogP) is 6.16. The standard InChI is InChI=1S/C18H17ClF2N2O3S.C18H16ClF2NO3S/c19-12-1-3-13(4-2-12)27(24,25)18-7-8-23(22)9-11(18)10-26-17-15(21)6-5-14(20)16(17)18;19-12-1-3-13(4-2-12)26(23,24)18-7-8-22-9-11(18)10-25-17-15(21)6-5-14(20)16(17)18/h1-6,11H,7-10,22H2;1-6,11,22H,7-10H2/t2*11-,18+/m11/s1. The zero-order valence-corrected chi connectivity index (χ0v) is 30.9. The van der Waals surface area contributed by atoms with E-state index in [1.807, 2.05) is 0 Å². The van der Waals surface area contributed by atoms with Crippen LogP contribution >= 0.6 is 23.2 Å². The van der Waals surface area contributed by atoms with E-state index in [0.29, 0.717) is 23.1 Å². The highest BCUT2D eigenvalue weighted by atomic mass is 35.5. The Morgan fingerprint density at radius 2 is 1.09 bits per heavy atom.